The van der Waals surface area contributed by atoms with Crippen LogP contribution in [0.25, 0.3) is 0 Å². The van der Waals surface area contributed by atoms with E-state index in [2.05, 4.69) is 43.2 Å². The molecular formula is C15H25N3OS. The molecule has 2 atom stereocenters. The molecule has 0 aromatic carbocycles. The molecule has 1 aromatic heterocycles. The van der Waals surface area contributed by atoms with Gasteiger partial charge in [-0.15, -0.1) is 0 Å². The Kier molecular flexibility index (Phi) is 4.47. The first-order chi connectivity index (χ1) is 9.26. The maximum absolute atomic E-state index is 5.23. The monoisotopic (exact) mass is 295 g/mol. The molecule has 0 saturated carbocycles. The van der Waals surface area contributed by atoms with Gasteiger partial charge in [0.05, 0.1) is 18.3 Å². The van der Waals surface area contributed by atoms with Crippen LogP contribution in [0.3, 0.4) is 0 Å². The summed E-state index contributed by atoms with van der Waals surface area (Å²) in [7, 11) is 0. The molecular weight excluding hydrogens is 270 g/mol. The Balaban J connectivity index is 1.92. The lowest BCUT2D eigenvalue weighted by Gasteiger charge is -2.22. The third kappa shape index (κ3) is 3.78. The molecule has 2 heterocycles. The lowest BCUT2D eigenvalue weighted by atomic mass is 9.90. The summed E-state index contributed by atoms with van der Waals surface area (Å²) in [5.74, 6) is 0.886. The zero-order valence-electron chi connectivity index (χ0n) is 13.3. The molecule has 0 amide bonds. The molecule has 2 rings (SSSR count). The van der Waals surface area contributed by atoms with Gasteiger partial charge in [-0.1, -0.05) is 37.7 Å². The average molecular weight is 295 g/mol. The van der Waals surface area contributed by atoms with Crippen molar-refractivity contribution in [2.45, 2.75) is 59.3 Å². The molecule has 0 bridgehead atoms. The minimum absolute atomic E-state index is 0.181. The number of aryl methyl sites for hydroxylation is 2. The van der Waals surface area contributed by atoms with Crippen LogP contribution < -0.4 is 5.32 Å². The maximum atomic E-state index is 5.23. The van der Waals surface area contributed by atoms with Crippen molar-refractivity contribution < 1.29 is 4.52 Å². The van der Waals surface area contributed by atoms with Crippen molar-refractivity contribution in [2.24, 2.45) is 10.4 Å². The summed E-state index contributed by atoms with van der Waals surface area (Å²) < 4.78 is 5.23. The lowest BCUT2D eigenvalue weighted by molar-refractivity contribution is 0.375. The molecule has 0 spiro atoms. The molecule has 0 saturated heterocycles. The molecule has 0 fully saturated rings. The first-order valence-corrected chi connectivity index (χ1v) is 8.04. The first kappa shape index (κ1) is 15.4. The van der Waals surface area contributed by atoms with E-state index in [0.29, 0.717) is 10.7 Å². The Morgan fingerprint density at radius 1 is 1.40 bits per heavy atom. The van der Waals surface area contributed by atoms with Crippen LogP contribution >= 0.6 is 11.8 Å². The van der Waals surface area contributed by atoms with Crippen LogP contribution in [0.2, 0.25) is 0 Å². The summed E-state index contributed by atoms with van der Waals surface area (Å²) in [6.07, 6.45) is 1.19. The van der Waals surface area contributed by atoms with Crippen LogP contribution in [0.4, 0.5) is 0 Å². The highest BCUT2D eigenvalue weighted by Crippen LogP contribution is 2.32. The number of nitrogens with one attached hydrogen (secondary N) is 1. The normalized spacial score (nSPS) is 20.9. The van der Waals surface area contributed by atoms with Gasteiger partial charge in [0.2, 0.25) is 0 Å². The van der Waals surface area contributed by atoms with E-state index < -0.39 is 0 Å². The van der Waals surface area contributed by atoms with Gasteiger partial charge in [0.25, 0.3) is 0 Å². The summed E-state index contributed by atoms with van der Waals surface area (Å²) in [6.45, 7) is 13.8. The van der Waals surface area contributed by atoms with Crippen LogP contribution in [-0.4, -0.2) is 22.1 Å². The summed E-state index contributed by atoms with van der Waals surface area (Å²) in [6, 6.07) is 0.181. The van der Waals surface area contributed by atoms with Gasteiger partial charge in [0, 0.05) is 10.8 Å². The molecule has 1 aromatic rings. The van der Waals surface area contributed by atoms with Crippen LogP contribution in [0, 0.1) is 19.3 Å². The van der Waals surface area contributed by atoms with E-state index in [1.165, 1.54) is 6.42 Å². The number of aromatic nitrogens is 1. The predicted octanol–water partition coefficient (Wildman–Crippen LogP) is 3.85. The quantitative estimate of drug-likeness (QED) is 0.920. The smallest absolute Gasteiger partial charge is 0.157 e. The Hall–Kier alpha value is -0.970. The van der Waals surface area contributed by atoms with E-state index in [9.17, 15) is 0 Å². The Labute approximate surface area is 125 Å². The first-order valence-electron chi connectivity index (χ1n) is 7.16. The summed E-state index contributed by atoms with van der Waals surface area (Å²) in [4.78, 5) is 4.63. The van der Waals surface area contributed by atoms with Gasteiger partial charge in [-0.2, -0.15) is 0 Å². The molecule has 4 nitrogen and oxygen atoms in total. The largest absolute Gasteiger partial charge is 0.361 e. The third-order valence-electron chi connectivity index (χ3n) is 3.42. The minimum Gasteiger partial charge on any atom is -0.361 e. The highest BCUT2D eigenvalue weighted by molar-refractivity contribution is 8.14. The van der Waals surface area contributed by atoms with E-state index in [-0.39, 0.29) is 6.04 Å². The van der Waals surface area contributed by atoms with Gasteiger partial charge < -0.3 is 9.84 Å². The predicted molar refractivity (Wildman–Crippen MR) is 85.3 cm³/mol. The van der Waals surface area contributed by atoms with Crippen LogP contribution in [0.1, 0.15) is 57.2 Å². The average Bonchev–Trinajstić information content (AvgIpc) is 2.84. The van der Waals surface area contributed by atoms with E-state index in [4.69, 9.17) is 4.52 Å². The topological polar surface area (TPSA) is 50.4 Å². The molecule has 20 heavy (non-hydrogen) atoms. The summed E-state index contributed by atoms with van der Waals surface area (Å²) >= 11 is 1.86. The van der Waals surface area contributed by atoms with Crippen molar-refractivity contribution in [2.75, 3.05) is 6.54 Å². The van der Waals surface area contributed by atoms with Gasteiger partial charge in [-0.05, 0) is 32.6 Å². The molecule has 5 heteroatoms. The van der Waals surface area contributed by atoms with Gasteiger partial charge in [0.15, 0.2) is 5.17 Å². The van der Waals surface area contributed by atoms with Gasteiger partial charge >= 0.3 is 0 Å². The molecule has 1 aliphatic rings. The number of nitrogens with zero attached hydrogens (tertiary/aromatic N) is 2. The van der Waals surface area contributed by atoms with Gasteiger partial charge in [-0.3, -0.25) is 4.99 Å². The highest BCUT2D eigenvalue weighted by Gasteiger charge is 2.26. The summed E-state index contributed by atoms with van der Waals surface area (Å²) in [5, 5.41) is 9.15. The van der Waals surface area contributed by atoms with E-state index >= 15 is 0 Å². The SMILES string of the molecule is Cc1noc(C)c1C(C)NC1=NCC(CC(C)(C)C)S1. The second kappa shape index (κ2) is 5.80. The van der Waals surface area contributed by atoms with Crippen LogP contribution in [-0.2, 0) is 0 Å². The zero-order chi connectivity index (χ0) is 14.9. The highest BCUT2D eigenvalue weighted by atomic mass is 32.2. The van der Waals surface area contributed by atoms with Crippen molar-refractivity contribution >= 4 is 16.9 Å². The molecule has 1 aliphatic heterocycles. The molecule has 1 N–H and O–H groups in total. The zero-order valence-corrected chi connectivity index (χ0v) is 14.1. The summed E-state index contributed by atoms with van der Waals surface area (Å²) in [5.41, 5.74) is 2.46. The lowest BCUT2D eigenvalue weighted by Crippen LogP contribution is -2.24. The molecule has 112 valence electrons. The maximum Gasteiger partial charge on any atom is 0.157 e. The second-order valence-electron chi connectivity index (χ2n) is 6.75. The fourth-order valence-corrected chi connectivity index (χ4v) is 4.09. The Bertz CT molecular complexity index is 482. The minimum atomic E-state index is 0.181. The van der Waals surface area contributed by atoms with Gasteiger partial charge in [0.1, 0.15) is 5.76 Å². The molecule has 2 unspecified atom stereocenters. The van der Waals surface area contributed by atoms with Crippen molar-refractivity contribution in [1.82, 2.24) is 10.5 Å². The number of aliphatic imine (C=N–C) groups is 1. The van der Waals surface area contributed by atoms with Crippen LogP contribution in [0.15, 0.2) is 9.52 Å². The number of rotatable bonds is 3. The van der Waals surface area contributed by atoms with Crippen LogP contribution in [0.5, 0.6) is 0 Å². The third-order valence-corrected chi connectivity index (χ3v) is 4.54. The second-order valence-corrected chi connectivity index (χ2v) is 8.04. The Morgan fingerprint density at radius 3 is 2.65 bits per heavy atom. The number of amidine groups is 1. The van der Waals surface area contributed by atoms with E-state index in [1.807, 2.05) is 25.6 Å². The number of hydrogen-bond acceptors (Lipinski definition) is 5. The Morgan fingerprint density at radius 2 is 2.10 bits per heavy atom. The van der Waals surface area contributed by atoms with Crippen molar-refractivity contribution in [3.05, 3.63) is 17.0 Å². The fourth-order valence-electron chi connectivity index (χ4n) is 2.65. The van der Waals surface area contributed by atoms with E-state index in [0.717, 1.165) is 28.7 Å². The fraction of sp³-hybridized carbons (Fsp3) is 0.733. The standard InChI is InChI=1S/C15H25N3OS/c1-9(13-10(2)18-19-11(13)3)17-14-16-8-12(20-14)7-15(4,5)6/h9,12H,7-8H2,1-6H3,(H,16,17). The molecule has 0 aliphatic carbocycles. The number of thioether (sulfide) groups is 1. The van der Waals surface area contributed by atoms with Gasteiger partial charge in [-0.25, -0.2) is 0 Å². The van der Waals surface area contributed by atoms with E-state index in [1.54, 1.807) is 0 Å². The number of hydrogen-bond donors (Lipinski definition) is 1. The van der Waals surface area contributed by atoms with Crippen molar-refractivity contribution in [3.63, 3.8) is 0 Å². The van der Waals surface area contributed by atoms with Crippen molar-refractivity contribution in [1.29, 1.82) is 0 Å². The molecule has 0 radical (unpaired) electrons. The van der Waals surface area contributed by atoms with Crippen molar-refractivity contribution in [3.8, 4) is 0 Å².